The van der Waals surface area contributed by atoms with Crippen LogP contribution in [-0.2, 0) is 29.1 Å². The molecule has 47 heavy (non-hydrogen) atoms. The number of hydrogen-bond acceptors (Lipinski definition) is 8. The molecule has 1 atom stereocenters. The van der Waals surface area contributed by atoms with Crippen LogP contribution in [0.25, 0.3) is 10.9 Å². The van der Waals surface area contributed by atoms with E-state index in [2.05, 4.69) is 39.0 Å². The highest BCUT2D eigenvalue weighted by atomic mass is 35.5. The Kier molecular flexibility index (Phi) is 14.8. The number of rotatable bonds is 15. The minimum Gasteiger partial charge on any atom is -0.491 e. The van der Waals surface area contributed by atoms with Gasteiger partial charge in [-0.05, 0) is 60.4 Å². The number of aliphatic hydroxyl groups excluding tert-OH is 1. The predicted octanol–water partition coefficient (Wildman–Crippen LogP) is 7.77. The SMILES string of the molecule is CCc1cc(Oc2ccc(CCN(Cc3ccccc3)C[C@H](O)COc3ccccc3)cc2)c2ccc(OOC(C)=O)cc2n1.Cl.Cl. The fourth-order valence-corrected chi connectivity index (χ4v) is 4.93. The molecule has 0 fully saturated rings. The fourth-order valence-electron chi connectivity index (χ4n) is 4.93. The number of nitrogens with zero attached hydrogens (tertiary/aromatic N) is 2. The molecule has 0 saturated heterocycles. The van der Waals surface area contributed by atoms with Crippen LogP contribution in [0.15, 0.2) is 109 Å². The summed E-state index contributed by atoms with van der Waals surface area (Å²) >= 11 is 0. The van der Waals surface area contributed by atoms with Crippen molar-refractivity contribution in [1.82, 2.24) is 9.88 Å². The zero-order valence-electron chi connectivity index (χ0n) is 26.4. The van der Waals surface area contributed by atoms with Crippen molar-refractivity contribution in [3.8, 4) is 23.0 Å². The topological polar surface area (TPSA) is 90.4 Å². The Morgan fingerprint density at radius 1 is 0.830 bits per heavy atom. The van der Waals surface area contributed by atoms with Gasteiger partial charge in [0.25, 0.3) is 0 Å². The van der Waals surface area contributed by atoms with Crippen LogP contribution in [0.2, 0.25) is 0 Å². The summed E-state index contributed by atoms with van der Waals surface area (Å²) in [5.41, 5.74) is 3.91. The maximum atomic E-state index is 11.1. The molecule has 0 radical (unpaired) electrons. The van der Waals surface area contributed by atoms with E-state index in [1.165, 1.54) is 12.5 Å². The Morgan fingerprint density at radius 2 is 1.51 bits per heavy atom. The van der Waals surface area contributed by atoms with Gasteiger partial charge in [0.2, 0.25) is 0 Å². The summed E-state index contributed by atoms with van der Waals surface area (Å²) in [6, 6.07) is 35.1. The minimum atomic E-state index is -0.628. The highest BCUT2D eigenvalue weighted by Crippen LogP contribution is 2.32. The van der Waals surface area contributed by atoms with Crippen molar-refractivity contribution in [3.63, 3.8) is 0 Å². The van der Waals surface area contributed by atoms with E-state index in [4.69, 9.17) is 14.4 Å². The third-order valence-electron chi connectivity index (χ3n) is 7.19. The zero-order chi connectivity index (χ0) is 31.4. The van der Waals surface area contributed by atoms with Crippen LogP contribution in [0.4, 0.5) is 0 Å². The molecule has 0 saturated carbocycles. The number of para-hydroxylation sites is 1. The standard InChI is InChI=1S/C37H38N2O6.2ClH/c1-3-30-22-37(35-19-18-34(23-36(35)38-30)45-44-27(2)40)43-33-16-14-28(15-17-33)20-21-39(24-29-10-6-4-7-11-29)25-31(41)26-42-32-12-8-5-9-13-32;;/h4-19,22-23,31,41H,3,20-21,24-26H2,1-2H3;2*1H/t31-;;/m0../s1. The van der Waals surface area contributed by atoms with Crippen LogP contribution >= 0.6 is 24.8 Å². The van der Waals surface area contributed by atoms with Crippen LogP contribution in [0.3, 0.4) is 0 Å². The van der Waals surface area contributed by atoms with Gasteiger partial charge < -0.3 is 14.6 Å². The van der Waals surface area contributed by atoms with Gasteiger partial charge in [0.15, 0.2) is 5.75 Å². The van der Waals surface area contributed by atoms with Crippen molar-refractivity contribution in [3.05, 3.63) is 126 Å². The average Bonchev–Trinajstić information content (AvgIpc) is 3.06. The van der Waals surface area contributed by atoms with E-state index < -0.39 is 12.1 Å². The van der Waals surface area contributed by atoms with Crippen LogP contribution < -0.4 is 14.4 Å². The molecule has 10 heteroatoms. The molecule has 5 aromatic rings. The zero-order valence-corrected chi connectivity index (χ0v) is 28.0. The predicted molar refractivity (Wildman–Crippen MR) is 188 cm³/mol. The molecule has 0 aliphatic carbocycles. The third-order valence-corrected chi connectivity index (χ3v) is 7.19. The van der Waals surface area contributed by atoms with Crippen LogP contribution in [-0.4, -0.2) is 46.8 Å². The van der Waals surface area contributed by atoms with Gasteiger partial charge in [0.1, 0.15) is 30.0 Å². The normalized spacial score (nSPS) is 11.2. The van der Waals surface area contributed by atoms with Crippen molar-refractivity contribution in [1.29, 1.82) is 0 Å². The molecule has 4 aromatic carbocycles. The number of benzene rings is 4. The van der Waals surface area contributed by atoms with Crippen molar-refractivity contribution in [2.45, 2.75) is 39.3 Å². The van der Waals surface area contributed by atoms with E-state index in [1.54, 1.807) is 12.1 Å². The lowest BCUT2D eigenvalue weighted by atomic mass is 10.1. The highest BCUT2D eigenvalue weighted by Gasteiger charge is 2.15. The number of carbonyl (C=O) groups excluding carboxylic acids is 1. The molecule has 5 rings (SSSR count). The van der Waals surface area contributed by atoms with E-state index >= 15 is 0 Å². The van der Waals surface area contributed by atoms with Gasteiger partial charge in [-0.2, -0.15) is 0 Å². The molecule has 8 nitrogen and oxygen atoms in total. The highest BCUT2D eigenvalue weighted by molar-refractivity contribution is 5.87. The Bertz CT molecular complexity index is 1670. The molecule has 248 valence electrons. The number of aryl methyl sites for hydroxylation is 1. The van der Waals surface area contributed by atoms with E-state index in [0.29, 0.717) is 29.3 Å². The molecule has 0 spiro atoms. The third kappa shape index (κ3) is 11.4. The number of carbonyl (C=O) groups is 1. The first-order chi connectivity index (χ1) is 21.9. The Balaban J connectivity index is 0.00000300. The molecule has 1 N–H and O–H groups in total. The summed E-state index contributed by atoms with van der Waals surface area (Å²) in [7, 11) is 0. The molecule has 1 aromatic heterocycles. The summed E-state index contributed by atoms with van der Waals surface area (Å²) in [5.74, 6) is 1.99. The van der Waals surface area contributed by atoms with Crippen LogP contribution in [0.1, 0.15) is 30.7 Å². The van der Waals surface area contributed by atoms with Crippen molar-refractivity contribution in [2.75, 3.05) is 19.7 Å². The number of ether oxygens (including phenoxy) is 2. The maximum absolute atomic E-state index is 11.1. The Hall–Kier alpha value is -4.34. The van der Waals surface area contributed by atoms with Crippen LogP contribution in [0.5, 0.6) is 23.0 Å². The number of aliphatic hydroxyl groups is 1. The monoisotopic (exact) mass is 678 g/mol. The molecule has 1 heterocycles. The smallest absolute Gasteiger partial charge is 0.352 e. The van der Waals surface area contributed by atoms with Crippen molar-refractivity contribution >= 4 is 41.7 Å². The van der Waals surface area contributed by atoms with Gasteiger partial charge >= 0.3 is 5.97 Å². The molecule has 0 unspecified atom stereocenters. The first kappa shape index (κ1) is 37.1. The number of pyridine rings is 1. The van der Waals surface area contributed by atoms with Crippen molar-refractivity contribution in [2.24, 2.45) is 0 Å². The van der Waals surface area contributed by atoms with E-state index in [-0.39, 0.29) is 31.4 Å². The maximum Gasteiger partial charge on any atom is 0.352 e. The lowest BCUT2D eigenvalue weighted by Crippen LogP contribution is -2.36. The molecule has 0 amide bonds. The summed E-state index contributed by atoms with van der Waals surface area (Å²) in [4.78, 5) is 27.8. The quantitative estimate of drug-likeness (QED) is 0.0887. The summed E-state index contributed by atoms with van der Waals surface area (Å²) in [6.07, 6.45) is 0.910. The summed E-state index contributed by atoms with van der Waals surface area (Å²) < 4.78 is 12.1. The minimum absolute atomic E-state index is 0. The second-order valence-electron chi connectivity index (χ2n) is 10.8. The molecular formula is C37H40Cl2N2O6. The van der Waals surface area contributed by atoms with E-state index in [0.717, 1.165) is 48.3 Å². The molecule has 0 bridgehead atoms. The molecule has 0 aliphatic heterocycles. The summed E-state index contributed by atoms with van der Waals surface area (Å²) in [5, 5.41) is 11.6. The molecule has 0 aliphatic rings. The fraction of sp³-hybridized carbons (Fsp3) is 0.243. The first-order valence-electron chi connectivity index (χ1n) is 15.1. The van der Waals surface area contributed by atoms with Gasteiger partial charge in [-0.25, -0.2) is 4.79 Å². The molecular weight excluding hydrogens is 639 g/mol. The Labute approximate surface area is 288 Å². The summed E-state index contributed by atoms with van der Waals surface area (Å²) in [6.45, 7) is 5.52. The van der Waals surface area contributed by atoms with Gasteiger partial charge in [-0.3, -0.25) is 19.7 Å². The average molecular weight is 680 g/mol. The lowest BCUT2D eigenvalue weighted by Gasteiger charge is -2.25. The van der Waals surface area contributed by atoms with Gasteiger partial charge in [0, 0.05) is 49.8 Å². The van der Waals surface area contributed by atoms with Gasteiger partial charge in [0.05, 0.1) is 5.52 Å². The largest absolute Gasteiger partial charge is 0.491 e. The first-order valence-corrected chi connectivity index (χ1v) is 15.1. The van der Waals surface area contributed by atoms with E-state index in [1.807, 2.05) is 79.7 Å². The number of aromatic nitrogens is 1. The second kappa shape index (κ2) is 18.7. The van der Waals surface area contributed by atoms with E-state index in [9.17, 15) is 9.90 Å². The second-order valence-corrected chi connectivity index (χ2v) is 10.8. The van der Waals surface area contributed by atoms with Gasteiger partial charge in [-0.15, -0.1) is 24.8 Å². The Morgan fingerprint density at radius 3 is 2.19 bits per heavy atom. The lowest BCUT2D eigenvalue weighted by molar-refractivity contribution is -0.210. The van der Waals surface area contributed by atoms with Gasteiger partial charge in [-0.1, -0.05) is 67.6 Å². The van der Waals surface area contributed by atoms with Crippen LogP contribution in [0, 0.1) is 0 Å². The number of fused-ring (bicyclic) bond motifs is 1. The number of halogens is 2. The number of hydrogen-bond donors (Lipinski definition) is 1. The van der Waals surface area contributed by atoms with Crippen molar-refractivity contribution < 1.29 is 29.1 Å².